The van der Waals surface area contributed by atoms with Crippen LogP contribution in [0, 0.1) is 0 Å². The van der Waals surface area contributed by atoms with E-state index < -0.39 is 0 Å². The summed E-state index contributed by atoms with van der Waals surface area (Å²) in [5.41, 5.74) is 6.48. The van der Waals surface area contributed by atoms with Crippen molar-refractivity contribution in [3.8, 4) is 0 Å². The van der Waals surface area contributed by atoms with Gasteiger partial charge >= 0.3 is 0 Å². The fourth-order valence-electron chi connectivity index (χ4n) is 2.74. The summed E-state index contributed by atoms with van der Waals surface area (Å²) in [7, 11) is 0. The predicted octanol–water partition coefficient (Wildman–Crippen LogP) is 1.27. The van der Waals surface area contributed by atoms with Crippen molar-refractivity contribution in [3.63, 3.8) is 0 Å². The number of rotatable bonds is 3. The molecule has 4 nitrogen and oxygen atoms in total. The molecule has 0 aromatic heterocycles. The predicted molar refractivity (Wildman–Crippen MR) is 87.2 cm³/mol. The standard InChI is InChI=1S/C16H19N3OS/c1-10-3-2-4-13-15(10)18-14(19-16(13)20)9-21-12-7-5-11(17)6-8-12/h2-4,11-12H,1,5-9,17H2. The van der Waals surface area contributed by atoms with Crippen LogP contribution in [-0.4, -0.2) is 28.8 Å². The van der Waals surface area contributed by atoms with Crippen molar-refractivity contribution in [2.45, 2.75) is 37.0 Å². The van der Waals surface area contributed by atoms with E-state index in [-0.39, 0.29) is 5.91 Å². The maximum Gasteiger partial charge on any atom is 0.280 e. The number of fused-ring (bicyclic) bond motifs is 1. The number of hydrogen-bond acceptors (Lipinski definition) is 4. The van der Waals surface area contributed by atoms with Gasteiger partial charge in [-0.1, -0.05) is 18.7 Å². The van der Waals surface area contributed by atoms with Gasteiger partial charge < -0.3 is 5.73 Å². The van der Waals surface area contributed by atoms with E-state index in [4.69, 9.17) is 5.73 Å². The maximum absolute atomic E-state index is 12.0. The molecule has 0 spiro atoms. The molecule has 21 heavy (non-hydrogen) atoms. The minimum Gasteiger partial charge on any atom is -0.328 e. The van der Waals surface area contributed by atoms with Crippen LogP contribution in [0.3, 0.4) is 0 Å². The molecule has 0 bridgehead atoms. The van der Waals surface area contributed by atoms with Crippen molar-refractivity contribution in [1.82, 2.24) is 0 Å². The highest BCUT2D eigenvalue weighted by Crippen LogP contribution is 2.28. The minimum absolute atomic E-state index is 0.202. The van der Waals surface area contributed by atoms with E-state index in [0.717, 1.165) is 30.9 Å². The van der Waals surface area contributed by atoms with E-state index in [0.29, 0.717) is 33.8 Å². The van der Waals surface area contributed by atoms with E-state index in [1.807, 2.05) is 23.9 Å². The molecule has 0 atom stereocenters. The molecule has 0 saturated heterocycles. The molecule has 1 aliphatic carbocycles. The molecule has 1 aliphatic heterocycles. The summed E-state index contributed by atoms with van der Waals surface area (Å²) < 4.78 is 0. The van der Waals surface area contributed by atoms with Crippen molar-refractivity contribution in [2.75, 3.05) is 5.75 Å². The van der Waals surface area contributed by atoms with E-state index >= 15 is 0 Å². The first-order valence-corrected chi connectivity index (χ1v) is 8.34. The Morgan fingerprint density at radius 2 is 2.00 bits per heavy atom. The molecular formula is C16H19N3OS. The average molecular weight is 301 g/mol. The van der Waals surface area contributed by atoms with Crippen LogP contribution in [0.5, 0.6) is 0 Å². The van der Waals surface area contributed by atoms with Crippen molar-refractivity contribution >= 4 is 30.1 Å². The molecule has 1 aromatic carbocycles. The number of aliphatic imine (C=N–C) groups is 1. The zero-order valence-corrected chi connectivity index (χ0v) is 12.7. The number of thioether (sulfide) groups is 1. The maximum atomic E-state index is 12.0. The molecule has 2 aliphatic rings. The first kappa shape index (κ1) is 14.5. The van der Waals surface area contributed by atoms with Gasteiger partial charge in [-0.2, -0.15) is 16.8 Å². The summed E-state index contributed by atoms with van der Waals surface area (Å²) >= 11 is 1.84. The first-order chi connectivity index (χ1) is 10.1. The molecule has 2 N–H and O–H groups in total. The Morgan fingerprint density at radius 3 is 2.76 bits per heavy atom. The van der Waals surface area contributed by atoms with Crippen molar-refractivity contribution in [2.24, 2.45) is 15.7 Å². The van der Waals surface area contributed by atoms with Gasteiger partial charge in [-0.3, -0.25) is 4.79 Å². The lowest BCUT2D eigenvalue weighted by atomic mass is 9.96. The van der Waals surface area contributed by atoms with Gasteiger partial charge in [0.1, 0.15) is 5.84 Å². The second-order valence-electron chi connectivity index (χ2n) is 5.61. The van der Waals surface area contributed by atoms with Crippen LogP contribution in [0.1, 0.15) is 36.0 Å². The molecule has 3 rings (SSSR count). The summed E-state index contributed by atoms with van der Waals surface area (Å²) in [5.74, 6) is 1.09. The smallest absolute Gasteiger partial charge is 0.280 e. The Morgan fingerprint density at radius 1 is 1.24 bits per heavy atom. The third-order valence-electron chi connectivity index (χ3n) is 3.99. The van der Waals surface area contributed by atoms with Crippen LogP contribution in [0.4, 0.5) is 0 Å². The van der Waals surface area contributed by atoms with Crippen molar-refractivity contribution < 1.29 is 4.79 Å². The zero-order chi connectivity index (χ0) is 14.8. The van der Waals surface area contributed by atoms with E-state index in [1.165, 1.54) is 0 Å². The zero-order valence-electron chi connectivity index (χ0n) is 11.9. The number of nitrogens with two attached hydrogens (primary N) is 1. The molecule has 0 unspecified atom stereocenters. The van der Waals surface area contributed by atoms with Gasteiger partial charge in [0.25, 0.3) is 5.91 Å². The summed E-state index contributed by atoms with van der Waals surface area (Å²) in [4.78, 5) is 20.7. The Labute approximate surface area is 128 Å². The van der Waals surface area contributed by atoms with Crippen LogP contribution in [0.15, 0.2) is 28.2 Å². The molecule has 1 aromatic rings. The lowest BCUT2D eigenvalue weighted by molar-refractivity contribution is 0.1000. The van der Waals surface area contributed by atoms with Crippen molar-refractivity contribution in [3.05, 3.63) is 34.3 Å². The lowest BCUT2D eigenvalue weighted by Crippen LogP contribution is -2.34. The summed E-state index contributed by atoms with van der Waals surface area (Å²) in [6.07, 6.45) is 4.46. The Balaban J connectivity index is 1.72. The number of amidine groups is 1. The molecule has 5 heteroatoms. The number of carbonyl (C=O) groups excluding carboxylic acids is 1. The van der Waals surface area contributed by atoms with Crippen LogP contribution in [-0.2, 0) is 0 Å². The van der Waals surface area contributed by atoms with Crippen LogP contribution in [0.2, 0.25) is 0 Å². The average Bonchev–Trinajstić information content (AvgIpc) is 2.48. The van der Waals surface area contributed by atoms with Crippen LogP contribution in [0.25, 0.3) is 6.58 Å². The molecule has 1 fully saturated rings. The molecule has 0 radical (unpaired) electrons. The van der Waals surface area contributed by atoms with Gasteiger partial charge in [0.05, 0.1) is 16.7 Å². The van der Waals surface area contributed by atoms with Gasteiger partial charge in [0.15, 0.2) is 0 Å². The Bertz CT molecular complexity index is 690. The number of amides is 1. The summed E-state index contributed by atoms with van der Waals surface area (Å²) in [6.45, 7) is 3.94. The number of carbonyl (C=O) groups is 1. The van der Waals surface area contributed by atoms with Gasteiger partial charge in [-0.05, 0) is 37.0 Å². The van der Waals surface area contributed by atoms with Crippen LogP contribution >= 0.6 is 11.8 Å². The topological polar surface area (TPSA) is 67.8 Å². The monoisotopic (exact) mass is 301 g/mol. The van der Waals surface area contributed by atoms with Gasteiger partial charge in [0.2, 0.25) is 0 Å². The van der Waals surface area contributed by atoms with Crippen molar-refractivity contribution in [1.29, 1.82) is 0 Å². The molecule has 110 valence electrons. The number of benzene rings is 1. The molecule has 1 heterocycles. The summed E-state index contributed by atoms with van der Waals surface area (Å²) in [6, 6.07) is 5.80. The molecule has 1 amide bonds. The highest BCUT2D eigenvalue weighted by Gasteiger charge is 2.20. The minimum atomic E-state index is -0.202. The molecule has 1 saturated carbocycles. The van der Waals surface area contributed by atoms with E-state index in [1.54, 1.807) is 6.07 Å². The third-order valence-corrected chi connectivity index (χ3v) is 5.36. The summed E-state index contributed by atoms with van der Waals surface area (Å²) in [5, 5.41) is 2.06. The quantitative estimate of drug-likeness (QED) is 0.914. The fourth-order valence-corrected chi connectivity index (χ4v) is 3.86. The van der Waals surface area contributed by atoms with Gasteiger partial charge in [-0.25, -0.2) is 4.99 Å². The fraction of sp³-hybridized carbons (Fsp3) is 0.438. The highest BCUT2D eigenvalue weighted by molar-refractivity contribution is 8.00. The second-order valence-corrected chi connectivity index (χ2v) is 6.89. The Kier molecular flexibility index (Phi) is 4.22. The lowest BCUT2D eigenvalue weighted by Gasteiger charge is -2.25. The highest BCUT2D eigenvalue weighted by atomic mass is 32.2. The van der Waals surface area contributed by atoms with Crippen LogP contribution < -0.4 is 16.3 Å². The number of nitrogens with zero attached hydrogens (tertiary/aromatic N) is 2. The third kappa shape index (κ3) is 3.24. The second kappa shape index (κ2) is 6.12. The largest absolute Gasteiger partial charge is 0.328 e. The number of para-hydroxylation sites is 1. The normalized spacial score (nSPS) is 25.0. The molecular weight excluding hydrogens is 282 g/mol. The van der Waals surface area contributed by atoms with Gasteiger partial charge in [0, 0.05) is 11.3 Å². The SMILES string of the molecule is C=c1cccc2c1=NC(CSC1CCC(N)CC1)=NC2=O. The van der Waals surface area contributed by atoms with E-state index in [2.05, 4.69) is 16.6 Å². The number of hydrogen-bond donors (Lipinski definition) is 1. The van der Waals surface area contributed by atoms with Gasteiger partial charge in [-0.15, -0.1) is 0 Å². The first-order valence-electron chi connectivity index (χ1n) is 7.29. The van der Waals surface area contributed by atoms with E-state index in [9.17, 15) is 4.79 Å². The Hall–Kier alpha value is -1.46.